The zero-order chi connectivity index (χ0) is 12.6. The minimum atomic E-state index is -0.818. The van der Waals surface area contributed by atoms with E-state index in [1.807, 2.05) is 6.92 Å². The standard InChI is InChI=1S/C11H23NO4/c1-5-11(2,16-4)10(14)12-9(6-7-13)8-15-3/h9,13H,5-8H2,1-4H3,(H,12,14). The van der Waals surface area contributed by atoms with Gasteiger partial charge in [-0.05, 0) is 19.8 Å². The molecule has 0 bridgehead atoms. The molecule has 0 radical (unpaired) electrons. The van der Waals surface area contributed by atoms with Crippen molar-refractivity contribution in [3.8, 4) is 0 Å². The first kappa shape index (κ1) is 15.3. The monoisotopic (exact) mass is 233 g/mol. The predicted octanol–water partition coefficient (Wildman–Crippen LogP) is 0.315. The molecule has 5 nitrogen and oxygen atoms in total. The normalized spacial score (nSPS) is 16.6. The van der Waals surface area contributed by atoms with Crippen LogP contribution in [-0.4, -0.2) is 50.1 Å². The van der Waals surface area contributed by atoms with Crippen LogP contribution < -0.4 is 5.32 Å². The topological polar surface area (TPSA) is 67.8 Å². The van der Waals surface area contributed by atoms with Gasteiger partial charge >= 0.3 is 0 Å². The highest BCUT2D eigenvalue weighted by Gasteiger charge is 2.32. The Kier molecular flexibility index (Phi) is 7.29. The number of hydrogen-bond donors (Lipinski definition) is 2. The predicted molar refractivity (Wildman–Crippen MR) is 61.2 cm³/mol. The van der Waals surface area contributed by atoms with Crippen molar-refractivity contribution in [3.05, 3.63) is 0 Å². The summed E-state index contributed by atoms with van der Waals surface area (Å²) in [5.41, 5.74) is -0.818. The van der Waals surface area contributed by atoms with Crippen LogP contribution in [0, 0.1) is 0 Å². The first-order valence-corrected chi connectivity index (χ1v) is 5.50. The third-order valence-electron chi connectivity index (χ3n) is 2.79. The molecular weight excluding hydrogens is 210 g/mol. The number of carbonyl (C=O) groups excluding carboxylic acids is 1. The van der Waals surface area contributed by atoms with Crippen LogP contribution in [0.3, 0.4) is 0 Å². The Hall–Kier alpha value is -0.650. The van der Waals surface area contributed by atoms with Gasteiger partial charge in [-0.3, -0.25) is 4.79 Å². The van der Waals surface area contributed by atoms with E-state index in [0.717, 1.165) is 0 Å². The van der Waals surface area contributed by atoms with Crippen LogP contribution in [0.25, 0.3) is 0 Å². The van der Waals surface area contributed by atoms with Crippen molar-refractivity contribution < 1.29 is 19.4 Å². The first-order valence-electron chi connectivity index (χ1n) is 5.50. The van der Waals surface area contributed by atoms with E-state index in [-0.39, 0.29) is 18.6 Å². The second-order valence-electron chi connectivity index (χ2n) is 3.93. The third-order valence-corrected chi connectivity index (χ3v) is 2.79. The Labute approximate surface area is 97.1 Å². The highest BCUT2D eigenvalue weighted by Crippen LogP contribution is 2.14. The molecule has 96 valence electrons. The number of carbonyl (C=O) groups is 1. The Bertz CT molecular complexity index is 198. The molecule has 0 aliphatic carbocycles. The van der Waals surface area contributed by atoms with Gasteiger partial charge < -0.3 is 19.9 Å². The van der Waals surface area contributed by atoms with Crippen molar-refractivity contribution in [1.29, 1.82) is 0 Å². The van der Waals surface area contributed by atoms with Crippen LogP contribution in [0.1, 0.15) is 26.7 Å². The average Bonchev–Trinajstić information content (AvgIpc) is 2.28. The summed E-state index contributed by atoms with van der Waals surface area (Å²) >= 11 is 0. The molecule has 0 saturated heterocycles. The fourth-order valence-corrected chi connectivity index (χ4v) is 1.29. The van der Waals surface area contributed by atoms with Gasteiger partial charge in [-0.1, -0.05) is 6.92 Å². The summed E-state index contributed by atoms with van der Waals surface area (Å²) in [4.78, 5) is 11.9. The number of hydrogen-bond acceptors (Lipinski definition) is 4. The van der Waals surface area contributed by atoms with Gasteiger partial charge in [0.05, 0.1) is 12.6 Å². The van der Waals surface area contributed by atoms with Crippen LogP contribution in [0.2, 0.25) is 0 Å². The van der Waals surface area contributed by atoms with Crippen molar-refractivity contribution in [1.82, 2.24) is 5.32 Å². The fraction of sp³-hybridized carbons (Fsp3) is 0.909. The molecule has 5 heteroatoms. The molecule has 2 atom stereocenters. The first-order chi connectivity index (χ1) is 7.53. The number of aliphatic hydroxyl groups excluding tert-OH is 1. The SMILES string of the molecule is CCC(C)(OC)C(=O)NC(CCO)COC. The zero-order valence-electron chi connectivity index (χ0n) is 10.6. The molecule has 2 unspecified atom stereocenters. The summed E-state index contributed by atoms with van der Waals surface area (Å²) in [5, 5.41) is 11.7. The van der Waals surface area contributed by atoms with E-state index in [2.05, 4.69) is 5.32 Å². The Morgan fingerprint density at radius 2 is 2.12 bits per heavy atom. The number of methoxy groups -OCH3 is 2. The molecule has 2 N–H and O–H groups in total. The minimum Gasteiger partial charge on any atom is -0.396 e. The minimum absolute atomic E-state index is 0.0180. The molecule has 0 rings (SSSR count). The highest BCUT2D eigenvalue weighted by atomic mass is 16.5. The van der Waals surface area contributed by atoms with Crippen LogP contribution in [0.4, 0.5) is 0 Å². The van der Waals surface area contributed by atoms with Crippen molar-refractivity contribution in [2.24, 2.45) is 0 Å². The van der Waals surface area contributed by atoms with Crippen molar-refractivity contribution in [2.45, 2.75) is 38.3 Å². The third kappa shape index (κ3) is 4.47. The van der Waals surface area contributed by atoms with Crippen molar-refractivity contribution >= 4 is 5.91 Å². The number of rotatable bonds is 8. The van der Waals surface area contributed by atoms with Gasteiger partial charge in [0, 0.05) is 20.8 Å². The summed E-state index contributed by atoms with van der Waals surface area (Å²) in [7, 11) is 3.08. The Morgan fingerprint density at radius 3 is 2.50 bits per heavy atom. The Morgan fingerprint density at radius 1 is 1.50 bits per heavy atom. The van der Waals surface area contributed by atoms with Crippen LogP contribution in [0.5, 0.6) is 0 Å². The molecular formula is C11H23NO4. The summed E-state index contributed by atoms with van der Waals surface area (Å²) in [5.74, 6) is -0.173. The smallest absolute Gasteiger partial charge is 0.252 e. The van der Waals surface area contributed by atoms with Crippen molar-refractivity contribution in [2.75, 3.05) is 27.4 Å². The molecule has 0 aliphatic heterocycles. The molecule has 0 fully saturated rings. The molecule has 0 aromatic rings. The highest BCUT2D eigenvalue weighted by molar-refractivity contribution is 5.84. The summed E-state index contributed by atoms with van der Waals surface area (Å²) in [6, 6.07) is -0.177. The Balaban J connectivity index is 4.37. The molecule has 0 heterocycles. The zero-order valence-corrected chi connectivity index (χ0v) is 10.6. The van der Waals surface area contributed by atoms with E-state index >= 15 is 0 Å². The summed E-state index contributed by atoms with van der Waals surface area (Å²) in [6.45, 7) is 4.03. The number of ether oxygens (including phenoxy) is 2. The lowest BCUT2D eigenvalue weighted by atomic mass is 10.0. The van der Waals surface area contributed by atoms with Gasteiger partial charge in [-0.2, -0.15) is 0 Å². The summed E-state index contributed by atoms with van der Waals surface area (Å²) < 4.78 is 10.2. The average molecular weight is 233 g/mol. The molecule has 0 spiro atoms. The van der Waals surface area contributed by atoms with Gasteiger partial charge in [0.25, 0.3) is 5.91 Å². The summed E-state index contributed by atoms with van der Waals surface area (Å²) in [6.07, 6.45) is 1.07. The molecule has 0 aromatic carbocycles. The maximum atomic E-state index is 11.9. The molecule has 0 aliphatic rings. The maximum Gasteiger partial charge on any atom is 0.252 e. The van der Waals surface area contributed by atoms with Gasteiger partial charge in [-0.25, -0.2) is 0 Å². The molecule has 16 heavy (non-hydrogen) atoms. The van der Waals surface area contributed by atoms with E-state index in [9.17, 15) is 4.79 Å². The van der Waals surface area contributed by atoms with Crippen molar-refractivity contribution in [3.63, 3.8) is 0 Å². The van der Waals surface area contributed by atoms with E-state index < -0.39 is 5.60 Å². The van der Waals surface area contributed by atoms with Gasteiger partial charge in [0.15, 0.2) is 0 Å². The van der Waals surface area contributed by atoms with Gasteiger partial charge in [0.2, 0.25) is 0 Å². The fourth-order valence-electron chi connectivity index (χ4n) is 1.29. The van der Waals surface area contributed by atoms with Crippen LogP contribution in [-0.2, 0) is 14.3 Å². The van der Waals surface area contributed by atoms with Crippen LogP contribution >= 0.6 is 0 Å². The lowest BCUT2D eigenvalue weighted by molar-refractivity contribution is -0.143. The largest absolute Gasteiger partial charge is 0.396 e. The maximum absolute atomic E-state index is 11.9. The lowest BCUT2D eigenvalue weighted by Gasteiger charge is -2.28. The lowest BCUT2D eigenvalue weighted by Crippen LogP contribution is -2.50. The molecule has 1 amide bonds. The number of amides is 1. The number of aliphatic hydroxyl groups is 1. The van der Waals surface area contributed by atoms with E-state index in [4.69, 9.17) is 14.6 Å². The quantitative estimate of drug-likeness (QED) is 0.633. The second kappa shape index (κ2) is 7.60. The molecule has 0 aromatic heterocycles. The van der Waals surface area contributed by atoms with E-state index in [1.54, 1.807) is 14.0 Å². The van der Waals surface area contributed by atoms with Crippen LogP contribution in [0.15, 0.2) is 0 Å². The van der Waals surface area contributed by atoms with Gasteiger partial charge in [-0.15, -0.1) is 0 Å². The number of nitrogens with one attached hydrogen (secondary N) is 1. The second-order valence-corrected chi connectivity index (χ2v) is 3.93. The van der Waals surface area contributed by atoms with E-state index in [0.29, 0.717) is 19.4 Å². The van der Waals surface area contributed by atoms with Gasteiger partial charge in [0.1, 0.15) is 5.60 Å². The molecule has 0 saturated carbocycles. The van der Waals surface area contributed by atoms with E-state index in [1.165, 1.54) is 7.11 Å².